The van der Waals surface area contributed by atoms with Crippen LogP contribution in [-0.2, 0) is 17.3 Å². The molecule has 0 aliphatic carbocycles. The third kappa shape index (κ3) is 6.01. The van der Waals surface area contributed by atoms with Crippen molar-refractivity contribution in [2.45, 2.75) is 75.6 Å². The third-order valence-corrected chi connectivity index (χ3v) is 8.78. The van der Waals surface area contributed by atoms with E-state index in [4.69, 9.17) is 0 Å². The minimum absolute atomic E-state index is 0.386. The molecule has 1 aliphatic rings. The monoisotopic (exact) mass is 504 g/mol. The van der Waals surface area contributed by atoms with Gasteiger partial charge in [-0.2, -0.15) is 0 Å². The molecule has 1 unspecified atom stereocenters. The second-order valence-electron chi connectivity index (χ2n) is 9.91. The van der Waals surface area contributed by atoms with Crippen LogP contribution >= 0.6 is 0 Å². The van der Waals surface area contributed by atoms with E-state index < -0.39 is 10.8 Å². The van der Waals surface area contributed by atoms with Gasteiger partial charge >= 0.3 is 0 Å². The highest BCUT2D eigenvalue weighted by molar-refractivity contribution is 7.85. The van der Waals surface area contributed by atoms with Gasteiger partial charge in [0.05, 0.1) is 32.0 Å². The van der Waals surface area contributed by atoms with Gasteiger partial charge in [0.2, 0.25) is 0 Å². The molecular weight excluding hydrogens is 464 g/mol. The largest absolute Gasteiger partial charge is 0.508 e. The first-order valence-corrected chi connectivity index (χ1v) is 14.5. The predicted octanol–water partition coefficient (Wildman–Crippen LogP) is 7.49. The van der Waals surface area contributed by atoms with E-state index >= 15 is 0 Å². The average molecular weight is 505 g/mol. The van der Waals surface area contributed by atoms with Crippen LogP contribution in [0.3, 0.4) is 0 Å². The lowest BCUT2D eigenvalue weighted by Crippen LogP contribution is -2.28. The first kappa shape index (κ1) is 26.4. The van der Waals surface area contributed by atoms with Gasteiger partial charge in [-0.25, -0.2) is 4.21 Å². The highest BCUT2D eigenvalue weighted by Gasteiger charge is 2.29. The normalized spacial score (nSPS) is 14.7. The molecule has 3 aromatic rings. The van der Waals surface area contributed by atoms with Gasteiger partial charge in [-0.15, -0.1) is 0 Å². The van der Waals surface area contributed by atoms with Gasteiger partial charge in [-0.3, -0.25) is 4.90 Å². The van der Waals surface area contributed by atoms with Crippen molar-refractivity contribution in [2.24, 2.45) is 0 Å². The molecule has 0 bridgehead atoms. The summed E-state index contributed by atoms with van der Waals surface area (Å²) in [5, 5.41) is 10.3. The van der Waals surface area contributed by atoms with Crippen LogP contribution in [0.2, 0.25) is 0 Å². The maximum absolute atomic E-state index is 13.3. The summed E-state index contributed by atoms with van der Waals surface area (Å²) in [6.07, 6.45) is 7.08. The molecule has 5 heteroatoms. The quantitative estimate of drug-likeness (QED) is 0.260. The van der Waals surface area contributed by atoms with Crippen molar-refractivity contribution in [3.63, 3.8) is 0 Å². The van der Waals surface area contributed by atoms with Crippen LogP contribution in [0.4, 0.5) is 11.4 Å². The van der Waals surface area contributed by atoms with Crippen LogP contribution < -0.4 is 4.90 Å². The molecule has 0 saturated carbocycles. The van der Waals surface area contributed by atoms with Crippen LogP contribution in [0, 0.1) is 13.8 Å². The fraction of sp³-hybridized carbons (Fsp3) is 0.419. The van der Waals surface area contributed by atoms with Crippen molar-refractivity contribution in [1.82, 2.24) is 4.90 Å². The summed E-state index contributed by atoms with van der Waals surface area (Å²) in [5.74, 6) is 0.386. The van der Waals surface area contributed by atoms with E-state index in [0.717, 1.165) is 65.7 Å². The lowest BCUT2D eigenvalue weighted by atomic mass is 10.1. The molecule has 1 atom stereocenters. The minimum Gasteiger partial charge on any atom is -0.508 e. The standard InChI is InChI=1S/C31H40N2O2S/c1-4-5-6-11-20-32(23-26-14-7-9-16-28(26)34)21-12-13-22-33-27-15-8-10-17-29(27)36(35)30-19-18-24(2)25(3)31(30)33/h7-10,14-19,34H,4-6,11-13,20-23H2,1-3H3. The number of nitrogens with zero attached hydrogens (tertiary/aromatic N) is 2. The topological polar surface area (TPSA) is 43.8 Å². The Hall–Kier alpha value is -2.63. The highest BCUT2D eigenvalue weighted by atomic mass is 32.2. The van der Waals surface area contributed by atoms with Gasteiger partial charge in [0.1, 0.15) is 5.75 Å². The average Bonchev–Trinajstić information content (AvgIpc) is 2.89. The lowest BCUT2D eigenvalue weighted by Gasteiger charge is -2.34. The summed E-state index contributed by atoms with van der Waals surface area (Å²) in [6.45, 7) is 10.3. The molecule has 1 heterocycles. The van der Waals surface area contributed by atoms with Crippen molar-refractivity contribution in [3.8, 4) is 5.75 Å². The smallest absolute Gasteiger partial charge is 0.120 e. The summed E-state index contributed by atoms with van der Waals surface area (Å²) < 4.78 is 13.3. The highest BCUT2D eigenvalue weighted by Crippen LogP contribution is 2.44. The van der Waals surface area contributed by atoms with Gasteiger partial charge < -0.3 is 10.0 Å². The van der Waals surface area contributed by atoms with Crippen molar-refractivity contribution >= 4 is 22.2 Å². The summed E-state index contributed by atoms with van der Waals surface area (Å²) in [7, 11) is -1.15. The second kappa shape index (κ2) is 12.6. The molecule has 3 aromatic carbocycles. The van der Waals surface area contributed by atoms with Crippen LogP contribution in [0.1, 0.15) is 62.1 Å². The molecule has 0 aromatic heterocycles. The Kier molecular flexibility index (Phi) is 9.22. The van der Waals surface area contributed by atoms with Crippen LogP contribution in [0.15, 0.2) is 70.5 Å². The third-order valence-electron chi connectivity index (χ3n) is 7.31. The van der Waals surface area contributed by atoms with E-state index in [1.807, 2.05) is 42.5 Å². The zero-order valence-electron chi connectivity index (χ0n) is 22.0. The van der Waals surface area contributed by atoms with E-state index in [0.29, 0.717) is 5.75 Å². The number of aromatic hydroxyl groups is 1. The van der Waals surface area contributed by atoms with E-state index in [1.54, 1.807) is 6.07 Å². The van der Waals surface area contributed by atoms with Crippen molar-refractivity contribution in [2.75, 3.05) is 24.5 Å². The van der Waals surface area contributed by atoms with Gasteiger partial charge in [0.25, 0.3) is 0 Å². The van der Waals surface area contributed by atoms with Crippen LogP contribution in [0.25, 0.3) is 0 Å². The maximum Gasteiger partial charge on any atom is 0.120 e. The Morgan fingerprint density at radius 2 is 1.56 bits per heavy atom. The van der Waals surface area contributed by atoms with Gasteiger partial charge in [0.15, 0.2) is 0 Å². The van der Waals surface area contributed by atoms with E-state index in [1.165, 1.54) is 36.8 Å². The Morgan fingerprint density at radius 3 is 2.33 bits per heavy atom. The number of phenolic OH excluding ortho intramolecular Hbond substituents is 1. The second-order valence-corrected chi connectivity index (χ2v) is 11.3. The van der Waals surface area contributed by atoms with Gasteiger partial charge in [0, 0.05) is 18.7 Å². The first-order valence-electron chi connectivity index (χ1n) is 13.4. The number of rotatable bonds is 12. The Labute approximate surface area is 219 Å². The summed E-state index contributed by atoms with van der Waals surface area (Å²) in [5.41, 5.74) is 5.64. The Balaban J connectivity index is 1.45. The molecule has 4 nitrogen and oxygen atoms in total. The zero-order valence-corrected chi connectivity index (χ0v) is 22.8. The molecule has 0 amide bonds. The number of hydrogen-bond acceptors (Lipinski definition) is 4. The lowest BCUT2D eigenvalue weighted by molar-refractivity contribution is 0.251. The van der Waals surface area contributed by atoms with E-state index in [9.17, 15) is 9.32 Å². The summed E-state index contributed by atoms with van der Waals surface area (Å²) in [6, 6.07) is 20.0. The SMILES string of the molecule is CCCCCCN(CCCCN1c2ccccc2S(=O)c2ccc(C)c(C)c21)Cc1ccccc1O. The first-order chi connectivity index (χ1) is 17.5. The number of benzene rings is 3. The van der Waals surface area contributed by atoms with Crippen LogP contribution in [-0.4, -0.2) is 33.8 Å². The van der Waals surface area contributed by atoms with E-state index in [-0.39, 0.29) is 0 Å². The van der Waals surface area contributed by atoms with Crippen molar-refractivity contribution < 1.29 is 9.32 Å². The zero-order chi connectivity index (χ0) is 25.5. The van der Waals surface area contributed by atoms with E-state index in [2.05, 4.69) is 42.7 Å². The molecule has 0 spiro atoms. The molecule has 192 valence electrons. The number of phenols is 1. The minimum atomic E-state index is -1.15. The number of fused-ring (bicyclic) bond motifs is 2. The molecule has 1 aliphatic heterocycles. The molecule has 1 N–H and O–H groups in total. The number of aryl methyl sites for hydroxylation is 1. The molecule has 0 saturated heterocycles. The molecule has 4 rings (SSSR count). The van der Waals surface area contributed by atoms with Crippen molar-refractivity contribution in [3.05, 3.63) is 77.4 Å². The predicted molar refractivity (Wildman–Crippen MR) is 151 cm³/mol. The fourth-order valence-corrected chi connectivity index (χ4v) is 6.53. The molecule has 36 heavy (non-hydrogen) atoms. The number of unbranched alkanes of at least 4 members (excludes halogenated alkanes) is 4. The maximum atomic E-state index is 13.3. The fourth-order valence-electron chi connectivity index (χ4n) is 5.09. The van der Waals surface area contributed by atoms with Crippen molar-refractivity contribution in [1.29, 1.82) is 0 Å². The van der Waals surface area contributed by atoms with Crippen LogP contribution in [0.5, 0.6) is 5.75 Å². The molecule has 0 radical (unpaired) electrons. The molecule has 0 fully saturated rings. The van der Waals surface area contributed by atoms with Gasteiger partial charge in [-0.1, -0.05) is 62.6 Å². The summed E-state index contributed by atoms with van der Waals surface area (Å²) in [4.78, 5) is 6.72. The number of anilines is 2. The Bertz CT molecular complexity index is 1190. The number of para-hydroxylation sites is 2. The Morgan fingerprint density at radius 1 is 0.833 bits per heavy atom. The van der Waals surface area contributed by atoms with Gasteiger partial charge in [-0.05, 0) is 81.6 Å². The number of hydrogen-bond donors (Lipinski definition) is 1. The summed E-state index contributed by atoms with van der Waals surface area (Å²) >= 11 is 0. The molecular formula is C31H40N2O2S.